The normalized spacial score (nSPS) is 10.3. The fourth-order valence-corrected chi connectivity index (χ4v) is 1.51. The summed E-state index contributed by atoms with van der Waals surface area (Å²) in [6.45, 7) is 0. The van der Waals surface area contributed by atoms with E-state index in [0.29, 0.717) is 10.0 Å². The summed E-state index contributed by atoms with van der Waals surface area (Å²) >= 11 is 3.21. The quantitative estimate of drug-likeness (QED) is 0.772. The van der Waals surface area contributed by atoms with Crippen LogP contribution in [0.15, 0.2) is 33.6 Å². The highest BCUT2D eigenvalue weighted by Crippen LogP contribution is 2.27. The van der Waals surface area contributed by atoms with Crippen LogP contribution in [0, 0.1) is 5.82 Å². The summed E-state index contributed by atoms with van der Waals surface area (Å²) in [5, 5.41) is 3.55. The molecule has 2 aromatic rings. The van der Waals surface area contributed by atoms with Crippen LogP contribution >= 0.6 is 15.9 Å². The second-order valence-corrected chi connectivity index (χ2v) is 3.21. The van der Waals surface area contributed by atoms with E-state index in [0.717, 1.165) is 6.39 Å². The molecule has 1 aromatic carbocycles. The maximum absolute atomic E-state index is 13.3. The molecule has 1 heterocycles. The Bertz CT molecular complexity index is 396. The lowest BCUT2D eigenvalue weighted by Crippen LogP contribution is -1.87. The number of hydrogen-bond acceptors (Lipinski definition) is 3. The van der Waals surface area contributed by atoms with Crippen molar-refractivity contribution < 1.29 is 8.91 Å². The second kappa shape index (κ2) is 3.26. The molecule has 0 spiro atoms. The van der Waals surface area contributed by atoms with Gasteiger partial charge in [0, 0.05) is 4.47 Å². The summed E-state index contributed by atoms with van der Waals surface area (Å²) in [5.74, 6) is -0.138. The Hall–Kier alpha value is -1.23. The minimum absolute atomic E-state index is 0.241. The maximum Gasteiger partial charge on any atom is 0.214 e. The lowest BCUT2D eigenvalue weighted by Gasteiger charge is -1.99. The Morgan fingerprint density at radius 3 is 2.85 bits per heavy atom. The number of halogens is 2. The van der Waals surface area contributed by atoms with Crippen molar-refractivity contribution in [1.29, 1.82) is 0 Å². The van der Waals surface area contributed by atoms with E-state index >= 15 is 0 Å². The van der Waals surface area contributed by atoms with Gasteiger partial charge in [0.05, 0.1) is 5.56 Å². The molecule has 0 radical (unpaired) electrons. The van der Waals surface area contributed by atoms with E-state index in [1.54, 1.807) is 12.1 Å². The molecule has 0 saturated heterocycles. The zero-order valence-corrected chi connectivity index (χ0v) is 7.95. The summed E-state index contributed by atoms with van der Waals surface area (Å²) in [6.07, 6.45) is 1.16. The largest absolute Gasteiger partial charge is 0.342 e. The molecule has 0 aliphatic heterocycles. The van der Waals surface area contributed by atoms with E-state index in [9.17, 15) is 4.39 Å². The van der Waals surface area contributed by atoms with Gasteiger partial charge in [-0.05, 0) is 28.1 Å². The first-order chi connectivity index (χ1) is 6.29. The molecular formula is C8H4BrFN2O. The molecule has 13 heavy (non-hydrogen) atoms. The van der Waals surface area contributed by atoms with Gasteiger partial charge in [0.1, 0.15) is 5.82 Å². The average molecular weight is 243 g/mol. The van der Waals surface area contributed by atoms with Gasteiger partial charge in [-0.3, -0.25) is 0 Å². The van der Waals surface area contributed by atoms with Crippen LogP contribution in [0.5, 0.6) is 0 Å². The highest BCUT2D eigenvalue weighted by atomic mass is 79.9. The van der Waals surface area contributed by atoms with Crippen molar-refractivity contribution in [1.82, 2.24) is 10.1 Å². The lowest BCUT2D eigenvalue weighted by atomic mass is 10.2. The summed E-state index contributed by atoms with van der Waals surface area (Å²) in [4.78, 5) is 3.76. The first-order valence-electron chi connectivity index (χ1n) is 3.50. The van der Waals surface area contributed by atoms with E-state index in [1.165, 1.54) is 6.07 Å². The van der Waals surface area contributed by atoms with Gasteiger partial charge in [0.25, 0.3) is 0 Å². The standard InChI is InChI=1S/C8H4BrFN2O/c9-5-2-1-3-6(10)7(5)8-11-4-13-12-8/h1-4H. The van der Waals surface area contributed by atoms with Crippen LogP contribution in [0.4, 0.5) is 4.39 Å². The lowest BCUT2D eigenvalue weighted by molar-refractivity contribution is 0.418. The minimum Gasteiger partial charge on any atom is -0.342 e. The van der Waals surface area contributed by atoms with Crippen LogP contribution in [0.25, 0.3) is 11.4 Å². The Morgan fingerprint density at radius 2 is 2.23 bits per heavy atom. The third kappa shape index (κ3) is 1.47. The molecule has 0 fully saturated rings. The zero-order valence-electron chi connectivity index (χ0n) is 6.37. The predicted octanol–water partition coefficient (Wildman–Crippen LogP) is 2.64. The van der Waals surface area contributed by atoms with Gasteiger partial charge in [0.2, 0.25) is 12.2 Å². The fraction of sp³-hybridized carbons (Fsp3) is 0. The van der Waals surface area contributed by atoms with Gasteiger partial charge in [-0.1, -0.05) is 11.2 Å². The smallest absolute Gasteiger partial charge is 0.214 e. The van der Waals surface area contributed by atoms with Gasteiger partial charge in [-0.2, -0.15) is 4.98 Å². The third-order valence-electron chi connectivity index (χ3n) is 1.55. The molecule has 1 aromatic heterocycles. The van der Waals surface area contributed by atoms with Crippen molar-refractivity contribution in [2.24, 2.45) is 0 Å². The number of nitrogens with zero attached hydrogens (tertiary/aromatic N) is 2. The first-order valence-corrected chi connectivity index (χ1v) is 4.29. The van der Waals surface area contributed by atoms with Crippen LogP contribution in [0.1, 0.15) is 0 Å². The van der Waals surface area contributed by atoms with Crippen molar-refractivity contribution in [2.45, 2.75) is 0 Å². The Labute approximate surface area is 81.7 Å². The van der Waals surface area contributed by atoms with E-state index < -0.39 is 0 Å². The van der Waals surface area contributed by atoms with Gasteiger partial charge in [0.15, 0.2) is 0 Å². The molecule has 0 unspecified atom stereocenters. The Morgan fingerprint density at radius 1 is 1.38 bits per heavy atom. The topological polar surface area (TPSA) is 38.9 Å². The highest BCUT2D eigenvalue weighted by molar-refractivity contribution is 9.10. The van der Waals surface area contributed by atoms with E-state index in [-0.39, 0.29) is 11.6 Å². The minimum atomic E-state index is -0.379. The van der Waals surface area contributed by atoms with E-state index in [4.69, 9.17) is 0 Å². The average Bonchev–Trinajstić information content (AvgIpc) is 2.57. The molecule has 66 valence electrons. The zero-order chi connectivity index (χ0) is 9.26. The van der Waals surface area contributed by atoms with Crippen molar-refractivity contribution >= 4 is 15.9 Å². The SMILES string of the molecule is Fc1cccc(Br)c1-c1ncon1. The van der Waals surface area contributed by atoms with Gasteiger partial charge >= 0.3 is 0 Å². The van der Waals surface area contributed by atoms with Gasteiger partial charge in [-0.25, -0.2) is 4.39 Å². The molecule has 0 bridgehead atoms. The van der Waals surface area contributed by atoms with E-state index in [2.05, 4.69) is 30.6 Å². The molecule has 3 nitrogen and oxygen atoms in total. The number of rotatable bonds is 1. The van der Waals surface area contributed by atoms with E-state index in [1.807, 2.05) is 0 Å². The second-order valence-electron chi connectivity index (χ2n) is 2.35. The highest BCUT2D eigenvalue weighted by Gasteiger charge is 2.12. The maximum atomic E-state index is 13.3. The van der Waals surface area contributed by atoms with Crippen molar-refractivity contribution in [3.05, 3.63) is 34.9 Å². The van der Waals surface area contributed by atoms with Crippen LogP contribution < -0.4 is 0 Å². The van der Waals surface area contributed by atoms with Gasteiger partial charge in [-0.15, -0.1) is 0 Å². The fourth-order valence-electron chi connectivity index (χ4n) is 0.992. The molecule has 2 rings (SSSR count). The molecule has 0 aliphatic rings. The van der Waals surface area contributed by atoms with Crippen molar-refractivity contribution in [3.63, 3.8) is 0 Å². The summed E-state index contributed by atoms with van der Waals surface area (Å²) in [5.41, 5.74) is 0.316. The molecule has 0 saturated carbocycles. The first kappa shape index (κ1) is 8.37. The Kier molecular flexibility index (Phi) is 2.10. The van der Waals surface area contributed by atoms with Crippen LogP contribution in [0.3, 0.4) is 0 Å². The Balaban J connectivity index is 2.64. The van der Waals surface area contributed by atoms with Crippen LogP contribution in [-0.2, 0) is 0 Å². The summed E-state index contributed by atoms with van der Waals surface area (Å²) < 4.78 is 18.4. The summed E-state index contributed by atoms with van der Waals surface area (Å²) in [6, 6.07) is 4.66. The molecular weight excluding hydrogens is 239 g/mol. The molecule has 5 heteroatoms. The molecule has 0 N–H and O–H groups in total. The van der Waals surface area contributed by atoms with Crippen molar-refractivity contribution in [2.75, 3.05) is 0 Å². The van der Waals surface area contributed by atoms with Crippen LogP contribution in [-0.4, -0.2) is 10.1 Å². The number of benzene rings is 1. The van der Waals surface area contributed by atoms with Crippen LogP contribution in [0.2, 0.25) is 0 Å². The number of aromatic nitrogens is 2. The molecule has 0 amide bonds. The predicted molar refractivity (Wildman–Crippen MR) is 47.4 cm³/mol. The molecule has 0 atom stereocenters. The van der Waals surface area contributed by atoms with Gasteiger partial charge < -0.3 is 4.52 Å². The van der Waals surface area contributed by atoms with Crippen molar-refractivity contribution in [3.8, 4) is 11.4 Å². The summed E-state index contributed by atoms with van der Waals surface area (Å²) in [7, 11) is 0. The third-order valence-corrected chi connectivity index (χ3v) is 2.21. The number of hydrogen-bond donors (Lipinski definition) is 0. The monoisotopic (exact) mass is 242 g/mol. The molecule has 0 aliphatic carbocycles.